The molecule has 0 saturated heterocycles. The van der Waals surface area contributed by atoms with Gasteiger partial charge in [0.1, 0.15) is 5.82 Å². The van der Waals surface area contributed by atoms with Crippen molar-refractivity contribution in [3.05, 3.63) is 66.0 Å². The Labute approximate surface area is 135 Å². The largest absolute Gasteiger partial charge is 0.393 e. The highest BCUT2D eigenvalue weighted by molar-refractivity contribution is 7.80. The molecule has 0 bridgehead atoms. The molecule has 0 atom stereocenters. The summed E-state index contributed by atoms with van der Waals surface area (Å²) in [6, 6.07) is 18.3. The van der Waals surface area contributed by atoms with Crippen molar-refractivity contribution in [2.24, 2.45) is 5.73 Å². The first-order valence-electron chi connectivity index (χ1n) is 7.21. The van der Waals surface area contributed by atoms with Gasteiger partial charge in [-0.3, -0.25) is 0 Å². The third-order valence-electron chi connectivity index (χ3n) is 3.49. The second-order valence-electron chi connectivity index (χ2n) is 5.07. The number of aryl methyl sites for hydroxylation is 1. The van der Waals surface area contributed by atoms with E-state index in [0.717, 1.165) is 29.0 Å². The van der Waals surface area contributed by atoms with E-state index in [1.54, 1.807) is 0 Å². The van der Waals surface area contributed by atoms with E-state index in [2.05, 4.69) is 28.8 Å². The Balaban J connectivity index is 1.98. The molecule has 0 aliphatic carbocycles. The molecule has 22 heavy (non-hydrogen) atoms. The Morgan fingerprint density at radius 3 is 2.55 bits per heavy atom. The van der Waals surface area contributed by atoms with Crippen molar-refractivity contribution in [3.63, 3.8) is 0 Å². The van der Waals surface area contributed by atoms with E-state index in [9.17, 15) is 0 Å². The minimum absolute atomic E-state index is 0.524. The predicted molar refractivity (Wildman–Crippen MR) is 96.5 cm³/mol. The maximum atomic E-state index is 5.65. The summed E-state index contributed by atoms with van der Waals surface area (Å²) in [5.41, 5.74) is 8.88. The van der Waals surface area contributed by atoms with Gasteiger partial charge in [0, 0.05) is 13.0 Å². The number of hydrogen-bond donors (Lipinski definition) is 1. The second-order valence-corrected chi connectivity index (χ2v) is 5.60. The fourth-order valence-corrected chi connectivity index (χ4v) is 2.50. The molecular formula is C18H17N3S. The molecule has 0 fully saturated rings. The van der Waals surface area contributed by atoms with Crippen LogP contribution in [0, 0.1) is 0 Å². The minimum Gasteiger partial charge on any atom is -0.393 e. The number of aromatic nitrogens is 2. The molecule has 0 spiro atoms. The molecule has 0 saturated carbocycles. The minimum atomic E-state index is 0.524. The van der Waals surface area contributed by atoms with E-state index in [1.807, 2.05) is 42.5 Å². The zero-order chi connectivity index (χ0) is 15.4. The van der Waals surface area contributed by atoms with E-state index in [4.69, 9.17) is 22.9 Å². The summed E-state index contributed by atoms with van der Waals surface area (Å²) in [5, 5.41) is 0. The van der Waals surface area contributed by atoms with Gasteiger partial charge in [0.25, 0.3) is 0 Å². The maximum absolute atomic E-state index is 5.65. The highest BCUT2D eigenvalue weighted by Gasteiger charge is 2.08. The van der Waals surface area contributed by atoms with E-state index < -0.39 is 0 Å². The second kappa shape index (κ2) is 6.54. The first-order chi connectivity index (χ1) is 10.7. The number of fused-ring (bicyclic) bond motifs is 1. The van der Waals surface area contributed by atoms with E-state index in [-0.39, 0.29) is 0 Å². The summed E-state index contributed by atoms with van der Waals surface area (Å²) in [6.07, 6.45) is 4.77. The molecule has 0 radical (unpaired) electrons. The third kappa shape index (κ3) is 3.23. The van der Waals surface area contributed by atoms with Gasteiger partial charge in [-0.1, -0.05) is 60.8 Å². The maximum Gasteiger partial charge on any atom is 0.133 e. The first kappa shape index (κ1) is 14.5. The van der Waals surface area contributed by atoms with Crippen LogP contribution in [-0.4, -0.2) is 14.5 Å². The number of hydrogen-bond acceptors (Lipinski definition) is 2. The van der Waals surface area contributed by atoms with Crippen LogP contribution in [0.3, 0.4) is 0 Å². The normalized spacial score (nSPS) is 11.3. The molecule has 2 N–H and O–H groups in total. The topological polar surface area (TPSA) is 43.8 Å². The zero-order valence-electron chi connectivity index (χ0n) is 12.1. The average Bonchev–Trinajstić information content (AvgIpc) is 2.89. The fraction of sp³-hybridized carbons (Fsp3) is 0.111. The molecular weight excluding hydrogens is 290 g/mol. The Kier molecular flexibility index (Phi) is 4.30. The van der Waals surface area contributed by atoms with Crippen LogP contribution in [-0.2, 0) is 6.54 Å². The molecule has 1 aromatic heterocycles. The lowest BCUT2D eigenvalue weighted by Crippen LogP contribution is -2.12. The van der Waals surface area contributed by atoms with Crippen molar-refractivity contribution < 1.29 is 0 Å². The van der Waals surface area contributed by atoms with Crippen LogP contribution in [0.2, 0.25) is 0 Å². The van der Waals surface area contributed by atoms with Crippen molar-refractivity contribution in [2.75, 3.05) is 0 Å². The molecule has 0 unspecified atom stereocenters. The molecule has 3 aromatic rings. The van der Waals surface area contributed by atoms with Gasteiger partial charge in [-0.25, -0.2) is 4.98 Å². The van der Waals surface area contributed by atoms with Crippen molar-refractivity contribution in [2.45, 2.75) is 13.0 Å². The zero-order valence-corrected chi connectivity index (χ0v) is 13.0. The number of thiocarbonyl (C=S) groups is 1. The van der Waals surface area contributed by atoms with E-state index >= 15 is 0 Å². The monoisotopic (exact) mass is 307 g/mol. The number of imidazole rings is 1. The Morgan fingerprint density at radius 1 is 1.05 bits per heavy atom. The highest BCUT2D eigenvalue weighted by atomic mass is 32.1. The Morgan fingerprint density at radius 2 is 1.77 bits per heavy atom. The van der Waals surface area contributed by atoms with E-state index in [1.165, 1.54) is 0 Å². The van der Waals surface area contributed by atoms with Crippen LogP contribution in [0.25, 0.3) is 23.2 Å². The van der Waals surface area contributed by atoms with Gasteiger partial charge < -0.3 is 10.3 Å². The Bertz CT molecular complexity index is 819. The molecule has 110 valence electrons. The summed E-state index contributed by atoms with van der Waals surface area (Å²) >= 11 is 5.00. The van der Waals surface area contributed by atoms with Gasteiger partial charge in [-0.15, -0.1) is 0 Å². The van der Waals surface area contributed by atoms with Crippen molar-refractivity contribution in [3.8, 4) is 0 Å². The number of benzene rings is 2. The molecule has 0 aliphatic heterocycles. The van der Waals surface area contributed by atoms with Crippen LogP contribution < -0.4 is 5.73 Å². The van der Waals surface area contributed by atoms with Crippen LogP contribution in [0.1, 0.15) is 17.8 Å². The van der Waals surface area contributed by atoms with Crippen LogP contribution >= 0.6 is 12.2 Å². The van der Waals surface area contributed by atoms with Crippen LogP contribution in [0.4, 0.5) is 0 Å². The van der Waals surface area contributed by atoms with Gasteiger partial charge in [-0.05, 0) is 23.8 Å². The number of rotatable bonds is 5. The van der Waals surface area contributed by atoms with Crippen molar-refractivity contribution in [1.29, 1.82) is 0 Å². The van der Waals surface area contributed by atoms with Gasteiger partial charge in [0.15, 0.2) is 0 Å². The lowest BCUT2D eigenvalue weighted by atomic mass is 10.2. The first-order valence-corrected chi connectivity index (χ1v) is 7.61. The standard InChI is InChI=1S/C18H17N3S/c19-17(22)12-13-21-16-9-5-4-8-15(16)20-18(21)11-10-14-6-2-1-3-7-14/h1-11H,12-13H2,(H2,19,22)/b11-10+. The molecule has 2 aromatic carbocycles. The van der Waals surface area contributed by atoms with Crippen LogP contribution in [0.5, 0.6) is 0 Å². The molecule has 3 nitrogen and oxygen atoms in total. The molecule has 0 aliphatic rings. The fourth-order valence-electron chi connectivity index (χ4n) is 2.41. The Hall–Kier alpha value is -2.46. The third-order valence-corrected chi connectivity index (χ3v) is 3.69. The number of nitrogens with two attached hydrogens (primary N) is 1. The van der Waals surface area contributed by atoms with Crippen LogP contribution in [0.15, 0.2) is 54.6 Å². The molecule has 4 heteroatoms. The van der Waals surface area contributed by atoms with Gasteiger partial charge in [-0.2, -0.15) is 0 Å². The summed E-state index contributed by atoms with van der Waals surface area (Å²) < 4.78 is 2.16. The summed E-state index contributed by atoms with van der Waals surface area (Å²) in [4.78, 5) is 5.22. The smallest absolute Gasteiger partial charge is 0.133 e. The predicted octanol–water partition coefficient (Wildman–Crippen LogP) is 3.88. The molecule has 1 heterocycles. The number of nitrogens with zero attached hydrogens (tertiary/aromatic N) is 2. The summed E-state index contributed by atoms with van der Waals surface area (Å²) in [5.74, 6) is 0.918. The van der Waals surface area contributed by atoms with Crippen molar-refractivity contribution >= 4 is 40.4 Å². The summed E-state index contributed by atoms with van der Waals surface area (Å²) in [7, 11) is 0. The van der Waals surface area contributed by atoms with Gasteiger partial charge in [0.2, 0.25) is 0 Å². The average molecular weight is 307 g/mol. The van der Waals surface area contributed by atoms with Crippen molar-refractivity contribution in [1.82, 2.24) is 9.55 Å². The lowest BCUT2D eigenvalue weighted by Gasteiger charge is -2.06. The molecule has 0 amide bonds. The SMILES string of the molecule is NC(=S)CCn1c(/C=C/c2ccccc2)nc2ccccc21. The lowest BCUT2D eigenvalue weighted by molar-refractivity contribution is 0.740. The summed E-state index contributed by atoms with van der Waals surface area (Å²) in [6.45, 7) is 0.740. The number of para-hydroxylation sites is 2. The van der Waals surface area contributed by atoms with Gasteiger partial charge >= 0.3 is 0 Å². The van der Waals surface area contributed by atoms with Gasteiger partial charge in [0.05, 0.1) is 16.0 Å². The van der Waals surface area contributed by atoms with E-state index in [0.29, 0.717) is 11.4 Å². The molecule has 3 rings (SSSR count). The highest BCUT2D eigenvalue weighted by Crippen LogP contribution is 2.18. The quantitative estimate of drug-likeness (QED) is 0.727.